The van der Waals surface area contributed by atoms with Crippen LogP contribution in [0.2, 0.25) is 0 Å². The van der Waals surface area contributed by atoms with Crippen molar-refractivity contribution in [2.75, 3.05) is 38.2 Å². The number of nitrogens with one attached hydrogen (secondary N) is 2. The third-order valence-corrected chi connectivity index (χ3v) is 4.81. The lowest BCUT2D eigenvalue weighted by molar-refractivity contribution is -0.136. The van der Waals surface area contributed by atoms with Gasteiger partial charge < -0.3 is 15.5 Å². The lowest BCUT2D eigenvalue weighted by Crippen LogP contribution is -2.48. The lowest BCUT2D eigenvalue weighted by atomic mass is 10.2. The first-order valence-electron chi connectivity index (χ1n) is 6.30. The maximum absolute atomic E-state index is 12.0. The molecule has 1 aliphatic rings. The van der Waals surface area contributed by atoms with Gasteiger partial charge in [0.2, 0.25) is 11.8 Å². The molecule has 1 fully saturated rings. The summed E-state index contributed by atoms with van der Waals surface area (Å²) in [5, 5.41) is 5.48. The van der Waals surface area contributed by atoms with Gasteiger partial charge in [0.15, 0.2) is 9.84 Å². The van der Waals surface area contributed by atoms with Gasteiger partial charge in [-0.05, 0) is 6.92 Å². The maximum Gasteiger partial charge on any atom is 0.239 e. The second kappa shape index (κ2) is 6.85. The van der Waals surface area contributed by atoms with E-state index in [4.69, 9.17) is 0 Å². The quantitative estimate of drug-likeness (QED) is 0.633. The summed E-state index contributed by atoms with van der Waals surface area (Å²) in [6.07, 6.45) is 0.101. The number of carbonyl (C=O) groups excluding carboxylic acids is 2. The van der Waals surface area contributed by atoms with Crippen LogP contribution in [0.5, 0.6) is 0 Å². The van der Waals surface area contributed by atoms with Crippen LogP contribution < -0.4 is 10.6 Å². The summed E-state index contributed by atoms with van der Waals surface area (Å²) < 4.78 is 23.0. The monoisotopic (exact) mass is 291 g/mol. The fourth-order valence-corrected chi connectivity index (χ4v) is 3.41. The van der Waals surface area contributed by atoms with Crippen molar-refractivity contribution in [3.63, 3.8) is 0 Å². The van der Waals surface area contributed by atoms with Crippen molar-refractivity contribution in [1.29, 1.82) is 0 Å². The fourth-order valence-electron chi connectivity index (χ4n) is 1.97. The Morgan fingerprint density at radius 3 is 2.63 bits per heavy atom. The van der Waals surface area contributed by atoms with Crippen molar-refractivity contribution in [2.45, 2.75) is 19.4 Å². The summed E-state index contributed by atoms with van der Waals surface area (Å²) in [7, 11) is -1.54. The van der Waals surface area contributed by atoms with E-state index in [1.165, 1.54) is 11.9 Å². The molecule has 7 nitrogen and oxygen atoms in total. The van der Waals surface area contributed by atoms with Crippen LogP contribution in [0.1, 0.15) is 13.3 Å². The summed E-state index contributed by atoms with van der Waals surface area (Å²) in [4.78, 5) is 24.7. The molecule has 0 saturated carbocycles. The molecule has 8 heteroatoms. The van der Waals surface area contributed by atoms with Crippen LogP contribution in [-0.4, -0.2) is 69.4 Å². The molecule has 19 heavy (non-hydrogen) atoms. The number of sulfone groups is 1. The third-order valence-electron chi connectivity index (χ3n) is 3.07. The summed E-state index contributed by atoms with van der Waals surface area (Å²) in [6.45, 7) is 2.59. The van der Waals surface area contributed by atoms with E-state index in [9.17, 15) is 18.0 Å². The van der Waals surface area contributed by atoms with Crippen molar-refractivity contribution in [3.05, 3.63) is 0 Å². The molecule has 0 aromatic carbocycles. The molecular weight excluding hydrogens is 270 g/mol. The van der Waals surface area contributed by atoms with E-state index in [1.54, 1.807) is 6.92 Å². The molecule has 1 rings (SSSR count). The Bertz CT molecular complexity index is 435. The van der Waals surface area contributed by atoms with Gasteiger partial charge in [0.25, 0.3) is 0 Å². The predicted octanol–water partition coefficient (Wildman–Crippen LogP) is -1.64. The van der Waals surface area contributed by atoms with Gasteiger partial charge in [-0.2, -0.15) is 0 Å². The average molecular weight is 291 g/mol. The Morgan fingerprint density at radius 2 is 2.11 bits per heavy atom. The van der Waals surface area contributed by atoms with Gasteiger partial charge in [-0.3, -0.25) is 9.59 Å². The summed E-state index contributed by atoms with van der Waals surface area (Å²) >= 11 is 0. The minimum atomic E-state index is -3.05. The minimum Gasteiger partial charge on any atom is -0.358 e. The molecule has 1 atom stereocenters. The second-order valence-electron chi connectivity index (χ2n) is 4.55. The van der Waals surface area contributed by atoms with Crippen LogP contribution in [0.4, 0.5) is 0 Å². The van der Waals surface area contributed by atoms with Crippen LogP contribution in [0, 0.1) is 0 Å². The summed E-state index contributed by atoms with van der Waals surface area (Å²) in [5.41, 5.74) is 0. The zero-order valence-corrected chi connectivity index (χ0v) is 12.1. The molecular formula is C11H21N3O4S. The first kappa shape index (κ1) is 15.9. The molecule has 0 aliphatic carbocycles. The number of carbonyl (C=O) groups is 2. The zero-order chi connectivity index (χ0) is 14.5. The SMILES string of the molecule is CCN(CC(=O)NC)C(=O)CC1CS(=O)(=O)CCN1. The third kappa shape index (κ3) is 5.15. The molecule has 0 aromatic rings. The molecule has 110 valence electrons. The van der Waals surface area contributed by atoms with Gasteiger partial charge in [0, 0.05) is 32.6 Å². The molecule has 1 aliphatic heterocycles. The Balaban J connectivity index is 2.54. The molecule has 1 saturated heterocycles. The summed E-state index contributed by atoms with van der Waals surface area (Å²) in [5.74, 6) is -0.343. The van der Waals surface area contributed by atoms with E-state index in [2.05, 4.69) is 10.6 Å². The van der Waals surface area contributed by atoms with Gasteiger partial charge in [-0.15, -0.1) is 0 Å². The lowest BCUT2D eigenvalue weighted by Gasteiger charge is -2.26. The average Bonchev–Trinajstić information content (AvgIpc) is 2.34. The van der Waals surface area contributed by atoms with Crippen LogP contribution in [0.3, 0.4) is 0 Å². The summed E-state index contributed by atoms with van der Waals surface area (Å²) in [6, 6.07) is -0.356. The van der Waals surface area contributed by atoms with Crippen LogP contribution in [0.25, 0.3) is 0 Å². The molecule has 1 unspecified atom stereocenters. The zero-order valence-electron chi connectivity index (χ0n) is 11.3. The number of hydrogen-bond acceptors (Lipinski definition) is 5. The van der Waals surface area contributed by atoms with E-state index in [0.717, 1.165) is 0 Å². The number of hydrogen-bond donors (Lipinski definition) is 2. The van der Waals surface area contributed by atoms with E-state index in [0.29, 0.717) is 13.1 Å². The van der Waals surface area contributed by atoms with Crippen molar-refractivity contribution in [1.82, 2.24) is 15.5 Å². The molecule has 2 N–H and O–H groups in total. The highest BCUT2D eigenvalue weighted by Crippen LogP contribution is 2.07. The van der Waals surface area contributed by atoms with Gasteiger partial charge in [0.05, 0.1) is 18.1 Å². The van der Waals surface area contributed by atoms with E-state index in [-0.39, 0.29) is 42.3 Å². The topological polar surface area (TPSA) is 95.6 Å². The van der Waals surface area contributed by atoms with E-state index < -0.39 is 9.84 Å². The Hall–Kier alpha value is -1.15. The first-order valence-corrected chi connectivity index (χ1v) is 8.12. The molecule has 0 radical (unpaired) electrons. The predicted molar refractivity (Wildman–Crippen MR) is 71.4 cm³/mol. The van der Waals surface area contributed by atoms with Gasteiger partial charge >= 0.3 is 0 Å². The Labute approximate surface area is 113 Å². The molecule has 0 bridgehead atoms. The molecule has 0 aromatic heterocycles. The van der Waals surface area contributed by atoms with Gasteiger partial charge in [-0.25, -0.2) is 8.42 Å². The van der Waals surface area contributed by atoms with Gasteiger partial charge in [0.1, 0.15) is 0 Å². The fraction of sp³-hybridized carbons (Fsp3) is 0.818. The Morgan fingerprint density at radius 1 is 1.42 bits per heavy atom. The van der Waals surface area contributed by atoms with Crippen molar-refractivity contribution in [2.24, 2.45) is 0 Å². The van der Waals surface area contributed by atoms with Crippen LogP contribution >= 0.6 is 0 Å². The highest BCUT2D eigenvalue weighted by atomic mass is 32.2. The number of rotatable bonds is 5. The number of nitrogens with zero attached hydrogens (tertiary/aromatic N) is 1. The largest absolute Gasteiger partial charge is 0.358 e. The first-order chi connectivity index (χ1) is 8.88. The van der Waals surface area contributed by atoms with E-state index >= 15 is 0 Å². The van der Waals surface area contributed by atoms with Crippen molar-refractivity contribution < 1.29 is 18.0 Å². The highest BCUT2D eigenvalue weighted by Gasteiger charge is 2.27. The van der Waals surface area contributed by atoms with Crippen LogP contribution in [-0.2, 0) is 19.4 Å². The smallest absolute Gasteiger partial charge is 0.239 e. The van der Waals surface area contributed by atoms with Crippen molar-refractivity contribution >= 4 is 21.7 Å². The van der Waals surface area contributed by atoms with Crippen molar-refractivity contribution in [3.8, 4) is 0 Å². The molecule has 2 amide bonds. The second-order valence-corrected chi connectivity index (χ2v) is 6.78. The highest BCUT2D eigenvalue weighted by molar-refractivity contribution is 7.91. The van der Waals surface area contributed by atoms with Crippen LogP contribution in [0.15, 0.2) is 0 Å². The minimum absolute atomic E-state index is 0.00526. The Kier molecular flexibility index (Phi) is 5.74. The van der Waals surface area contributed by atoms with Gasteiger partial charge in [-0.1, -0.05) is 0 Å². The maximum atomic E-state index is 12.0. The number of amides is 2. The van der Waals surface area contributed by atoms with E-state index in [1.807, 2.05) is 0 Å². The molecule has 0 spiro atoms. The molecule has 1 heterocycles. The standard InChI is InChI=1S/C11H21N3O4S/c1-3-14(7-10(15)12-2)11(16)6-9-8-19(17,18)5-4-13-9/h9,13H,3-8H2,1-2H3,(H,12,15). The normalized spacial score (nSPS) is 21.7. The number of likely N-dealkylation sites (N-methyl/N-ethyl adjacent to an activating group) is 2.